The lowest BCUT2D eigenvalue weighted by atomic mass is 9.87. The molecule has 0 aliphatic carbocycles. The van der Waals surface area contributed by atoms with Crippen molar-refractivity contribution in [2.24, 2.45) is 0 Å². The van der Waals surface area contributed by atoms with E-state index in [4.69, 9.17) is 4.74 Å². The van der Waals surface area contributed by atoms with Crippen LogP contribution in [0.2, 0.25) is 0 Å². The van der Waals surface area contributed by atoms with Crippen molar-refractivity contribution in [3.8, 4) is 16.9 Å². The molecule has 1 aliphatic heterocycles. The summed E-state index contributed by atoms with van der Waals surface area (Å²) in [6, 6.07) is 8.01. The summed E-state index contributed by atoms with van der Waals surface area (Å²) in [5, 5.41) is 12.4. The van der Waals surface area contributed by atoms with E-state index in [1.807, 2.05) is 45.0 Å². The average Bonchev–Trinajstić information content (AvgIpc) is 2.57. The minimum Gasteiger partial charge on any atom is -0.491 e. The Morgan fingerprint density at radius 2 is 1.85 bits per heavy atom. The summed E-state index contributed by atoms with van der Waals surface area (Å²) in [5.74, 6) is -0.333. The topological polar surface area (TPSA) is 75.6 Å². The number of hydrogen-bond donors (Lipinski definition) is 2. The second-order valence-electron chi connectivity index (χ2n) is 6.74. The van der Waals surface area contributed by atoms with Crippen molar-refractivity contribution in [3.63, 3.8) is 0 Å². The molecule has 0 saturated carbocycles. The van der Waals surface area contributed by atoms with Crippen LogP contribution in [0.4, 0.5) is 5.69 Å². The zero-order valence-electron chi connectivity index (χ0n) is 15.3. The number of amides is 1. The number of nitrogens with one attached hydrogen (secondary N) is 1. The average molecular weight is 353 g/mol. The maximum Gasteiger partial charge on any atom is 0.307 e. The Morgan fingerprint density at radius 3 is 2.50 bits per heavy atom. The van der Waals surface area contributed by atoms with Crippen LogP contribution in [0, 0.1) is 20.8 Å². The van der Waals surface area contributed by atoms with Crippen LogP contribution >= 0.6 is 0 Å². The van der Waals surface area contributed by atoms with Gasteiger partial charge in [-0.2, -0.15) is 0 Å². The molecule has 0 unspecified atom stereocenters. The molecule has 0 bridgehead atoms. The van der Waals surface area contributed by atoms with E-state index in [9.17, 15) is 14.7 Å². The zero-order chi connectivity index (χ0) is 18.8. The number of carboxylic acids is 1. The second-order valence-corrected chi connectivity index (χ2v) is 6.74. The number of carbonyl (C=O) groups is 2. The predicted octanol–water partition coefficient (Wildman–Crippen LogP) is 4.02. The molecule has 0 atom stereocenters. The van der Waals surface area contributed by atoms with Gasteiger partial charge in [-0.1, -0.05) is 29.8 Å². The Balaban J connectivity index is 2.29. The van der Waals surface area contributed by atoms with Gasteiger partial charge in [0.1, 0.15) is 5.75 Å². The summed E-state index contributed by atoms with van der Waals surface area (Å²) in [5.41, 5.74) is 5.87. The lowest BCUT2D eigenvalue weighted by Gasteiger charge is -2.25. The van der Waals surface area contributed by atoms with Crippen LogP contribution in [-0.4, -0.2) is 23.6 Å². The molecule has 0 spiro atoms. The van der Waals surface area contributed by atoms with Crippen molar-refractivity contribution in [3.05, 3.63) is 46.5 Å². The Hall–Kier alpha value is -2.82. The number of benzene rings is 2. The van der Waals surface area contributed by atoms with Gasteiger partial charge in [0.05, 0.1) is 18.7 Å². The van der Waals surface area contributed by atoms with Crippen LogP contribution in [0.15, 0.2) is 24.3 Å². The fourth-order valence-electron chi connectivity index (χ4n) is 3.46. The lowest BCUT2D eigenvalue weighted by molar-refractivity contribution is -0.136. The molecule has 2 N–H and O–H groups in total. The summed E-state index contributed by atoms with van der Waals surface area (Å²) in [6.45, 7) is 6.25. The first kappa shape index (κ1) is 18.0. The van der Waals surface area contributed by atoms with Gasteiger partial charge in [-0.3, -0.25) is 9.59 Å². The molecule has 136 valence electrons. The fraction of sp³-hybridized carbons (Fsp3) is 0.333. The number of hydrogen-bond acceptors (Lipinski definition) is 3. The van der Waals surface area contributed by atoms with Crippen molar-refractivity contribution in [2.45, 2.75) is 40.0 Å². The number of fused-ring (bicyclic) bond motifs is 1. The highest BCUT2D eigenvalue weighted by molar-refractivity contribution is 5.96. The zero-order valence-corrected chi connectivity index (χ0v) is 15.3. The van der Waals surface area contributed by atoms with Crippen LogP contribution in [-0.2, 0) is 16.0 Å². The monoisotopic (exact) mass is 353 g/mol. The molecule has 5 heteroatoms. The summed E-state index contributed by atoms with van der Waals surface area (Å²) in [6.07, 6.45) is 0.936. The maximum atomic E-state index is 12.1. The van der Waals surface area contributed by atoms with Crippen molar-refractivity contribution < 1.29 is 19.4 Å². The van der Waals surface area contributed by atoms with Crippen LogP contribution in [0.25, 0.3) is 11.1 Å². The predicted molar refractivity (Wildman–Crippen MR) is 101 cm³/mol. The summed E-state index contributed by atoms with van der Waals surface area (Å²) >= 11 is 0. The van der Waals surface area contributed by atoms with Crippen molar-refractivity contribution in [1.82, 2.24) is 0 Å². The van der Waals surface area contributed by atoms with E-state index in [-0.39, 0.29) is 12.3 Å². The van der Waals surface area contributed by atoms with Gasteiger partial charge in [0.15, 0.2) is 0 Å². The summed E-state index contributed by atoms with van der Waals surface area (Å²) < 4.78 is 5.97. The van der Waals surface area contributed by atoms with E-state index < -0.39 is 5.97 Å². The first-order valence-electron chi connectivity index (χ1n) is 8.76. The quantitative estimate of drug-likeness (QED) is 0.874. The van der Waals surface area contributed by atoms with E-state index in [2.05, 4.69) is 5.32 Å². The van der Waals surface area contributed by atoms with Gasteiger partial charge in [-0.05, 0) is 49.4 Å². The lowest BCUT2D eigenvalue weighted by Crippen LogP contribution is -2.20. The van der Waals surface area contributed by atoms with E-state index in [1.54, 1.807) is 0 Å². The third kappa shape index (κ3) is 3.43. The Labute approximate surface area is 153 Å². The number of anilines is 1. The van der Waals surface area contributed by atoms with Gasteiger partial charge in [-0.15, -0.1) is 0 Å². The number of carboxylic acid groups (broad SMARTS) is 1. The van der Waals surface area contributed by atoms with Gasteiger partial charge >= 0.3 is 5.97 Å². The number of aryl methyl sites for hydroxylation is 1. The van der Waals surface area contributed by atoms with E-state index in [1.165, 1.54) is 0 Å². The molecule has 5 nitrogen and oxygen atoms in total. The number of aliphatic carboxylic acids is 1. The van der Waals surface area contributed by atoms with E-state index >= 15 is 0 Å². The van der Waals surface area contributed by atoms with E-state index in [0.29, 0.717) is 36.4 Å². The van der Waals surface area contributed by atoms with Crippen LogP contribution in [0.5, 0.6) is 5.75 Å². The van der Waals surface area contributed by atoms with Crippen LogP contribution in [0.3, 0.4) is 0 Å². The molecule has 1 aliphatic rings. The number of rotatable bonds is 3. The summed E-state index contributed by atoms with van der Waals surface area (Å²) in [7, 11) is 0. The first-order chi connectivity index (χ1) is 12.4. The van der Waals surface area contributed by atoms with Gasteiger partial charge in [0, 0.05) is 12.0 Å². The van der Waals surface area contributed by atoms with Gasteiger partial charge < -0.3 is 15.2 Å². The van der Waals surface area contributed by atoms with Gasteiger partial charge in [0.25, 0.3) is 0 Å². The Kier molecular flexibility index (Phi) is 4.98. The molecular formula is C21H23NO4. The molecule has 3 rings (SSSR count). The third-order valence-corrected chi connectivity index (χ3v) is 4.80. The maximum absolute atomic E-state index is 12.1. The highest BCUT2D eigenvalue weighted by atomic mass is 16.5. The second kappa shape index (κ2) is 7.20. The minimum atomic E-state index is -0.904. The smallest absolute Gasteiger partial charge is 0.307 e. The Morgan fingerprint density at radius 1 is 1.15 bits per heavy atom. The molecule has 0 radical (unpaired) electrons. The Bertz CT molecular complexity index is 869. The van der Waals surface area contributed by atoms with Gasteiger partial charge in [0.2, 0.25) is 5.91 Å². The summed E-state index contributed by atoms with van der Waals surface area (Å²) in [4.78, 5) is 23.6. The number of carbonyl (C=O) groups excluding carboxylic acids is 1. The molecule has 1 amide bonds. The van der Waals surface area contributed by atoms with Crippen LogP contribution < -0.4 is 10.1 Å². The minimum absolute atomic E-state index is 0.0681. The molecule has 0 aromatic heterocycles. The largest absolute Gasteiger partial charge is 0.491 e. The van der Waals surface area contributed by atoms with E-state index in [0.717, 1.165) is 27.8 Å². The van der Waals surface area contributed by atoms with Crippen molar-refractivity contribution in [1.29, 1.82) is 0 Å². The molecular weight excluding hydrogens is 330 g/mol. The molecule has 26 heavy (non-hydrogen) atoms. The first-order valence-corrected chi connectivity index (χ1v) is 8.76. The molecule has 1 heterocycles. The van der Waals surface area contributed by atoms with Crippen molar-refractivity contribution >= 4 is 17.6 Å². The standard InChI is InChI=1S/C21H23NO4/c1-12-6-8-15(9-7-12)19-14(3)21-20(13(2)16(19)11-18(24)25)22-17(23)5-4-10-26-21/h6-9H,4-5,10-11H2,1-3H3,(H,22,23)(H,24,25). The fourth-order valence-corrected chi connectivity index (χ4v) is 3.46. The SMILES string of the molecule is Cc1ccc(-c2c(C)c3c(c(C)c2CC(=O)O)NC(=O)CCCO3)cc1. The number of ether oxygens (including phenoxy) is 1. The molecule has 0 saturated heterocycles. The van der Waals surface area contributed by atoms with Crippen molar-refractivity contribution in [2.75, 3.05) is 11.9 Å². The normalized spacial score (nSPS) is 13.9. The molecule has 2 aromatic carbocycles. The van der Waals surface area contributed by atoms with Gasteiger partial charge in [-0.25, -0.2) is 0 Å². The molecule has 0 fully saturated rings. The highest BCUT2D eigenvalue weighted by Gasteiger charge is 2.25. The highest BCUT2D eigenvalue weighted by Crippen LogP contribution is 2.43. The van der Waals surface area contributed by atoms with Crippen LogP contribution in [0.1, 0.15) is 35.1 Å². The third-order valence-electron chi connectivity index (χ3n) is 4.80. The molecule has 2 aromatic rings.